The van der Waals surface area contributed by atoms with Crippen LogP contribution in [0.15, 0.2) is 44.3 Å². The van der Waals surface area contributed by atoms with E-state index in [0.29, 0.717) is 17.1 Å². The summed E-state index contributed by atoms with van der Waals surface area (Å²) < 4.78 is 23.4. The number of halogens is 2. The summed E-state index contributed by atoms with van der Waals surface area (Å²) in [5, 5.41) is 14.8. The van der Waals surface area contributed by atoms with Crippen LogP contribution in [0.1, 0.15) is 5.76 Å². The molecule has 0 saturated carbocycles. The van der Waals surface area contributed by atoms with E-state index in [1.165, 1.54) is 24.3 Å². The Morgan fingerprint density at radius 1 is 1.30 bits per heavy atom. The van der Waals surface area contributed by atoms with Gasteiger partial charge in [0.05, 0.1) is 9.93 Å². The Balaban J connectivity index is 1.62. The number of furan rings is 1. The van der Waals surface area contributed by atoms with Crippen LogP contribution in [0.25, 0.3) is 17.4 Å². The van der Waals surface area contributed by atoms with Gasteiger partial charge in [0.15, 0.2) is 5.17 Å². The van der Waals surface area contributed by atoms with Gasteiger partial charge in [-0.1, -0.05) is 11.6 Å². The second-order valence-corrected chi connectivity index (χ2v) is 6.80. The summed E-state index contributed by atoms with van der Waals surface area (Å²) in [6.45, 7) is 0. The molecule has 1 saturated heterocycles. The van der Waals surface area contributed by atoms with E-state index < -0.39 is 11.7 Å². The molecule has 8 nitrogen and oxygen atoms in total. The number of rotatable bonds is 3. The number of amidine groups is 1. The fraction of sp³-hybridized carbons (Fsp3) is 0. The molecule has 0 atom stereocenters. The molecule has 1 aromatic carbocycles. The number of hydrogen-bond donors (Lipinski definition) is 2. The second kappa shape index (κ2) is 6.56. The van der Waals surface area contributed by atoms with Crippen LogP contribution in [0.3, 0.4) is 0 Å². The van der Waals surface area contributed by atoms with E-state index in [9.17, 15) is 9.18 Å². The fourth-order valence-corrected chi connectivity index (χ4v) is 3.39. The quantitative estimate of drug-likeness (QED) is 0.636. The molecule has 27 heavy (non-hydrogen) atoms. The SMILES string of the molecule is N=C1SC(=Cc2ccc(-c3ccc(F)c(Cl)c3)o2)C(=O)N1c1nonc1N. The van der Waals surface area contributed by atoms with Crippen molar-refractivity contribution < 1.29 is 18.2 Å². The van der Waals surface area contributed by atoms with E-state index in [2.05, 4.69) is 14.9 Å². The maximum atomic E-state index is 13.3. The Kier molecular flexibility index (Phi) is 4.21. The summed E-state index contributed by atoms with van der Waals surface area (Å²) in [5.74, 6) is -0.332. The molecule has 4 rings (SSSR count). The highest BCUT2D eigenvalue weighted by Gasteiger charge is 2.37. The molecule has 1 amide bonds. The predicted molar refractivity (Wildman–Crippen MR) is 98.6 cm³/mol. The van der Waals surface area contributed by atoms with Crippen molar-refractivity contribution in [2.24, 2.45) is 0 Å². The number of nitrogens with zero attached hydrogens (tertiary/aromatic N) is 3. The first kappa shape index (κ1) is 17.3. The lowest BCUT2D eigenvalue weighted by molar-refractivity contribution is -0.113. The molecule has 0 bridgehead atoms. The van der Waals surface area contributed by atoms with Crippen molar-refractivity contribution in [3.63, 3.8) is 0 Å². The standard InChI is InChI=1S/C16H9ClFN5O3S/c17-9-5-7(1-3-10(9)18)11-4-2-8(25-11)6-12-15(24)23(16(20)27-12)14-13(19)21-26-22-14/h1-6,20H,(H2,19,21). The van der Waals surface area contributed by atoms with Crippen LogP contribution in [0, 0.1) is 11.2 Å². The van der Waals surface area contributed by atoms with Gasteiger partial charge >= 0.3 is 0 Å². The minimum Gasteiger partial charge on any atom is -0.457 e. The molecule has 1 aliphatic rings. The summed E-state index contributed by atoms with van der Waals surface area (Å²) in [5.41, 5.74) is 6.18. The van der Waals surface area contributed by atoms with E-state index in [-0.39, 0.29) is 26.7 Å². The zero-order valence-corrected chi connectivity index (χ0v) is 14.8. The van der Waals surface area contributed by atoms with Crippen LogP contribution in [0.2, 0.25) is 5.02 Å². The van der Waals surface area contributed by atoms with Crippen LogP contribution in [-0.2, 0) is 4.79 Å². The number of amides is 1. The molecule has 1 fully saturated rings. The second-order valence-electron chi connectivity index (χ2n) is 5.36. The lowest BCUT2D eigenvalue weighted by atomic mass is 10.2. The van der Waals surface area contributed by atoms with E-state index in [1.807, 2.05) is 0 Å². The van der Waals surface area contributed by atoms with Gasteiger partial charge in [-0.15, -0.1) is 0 Å². The number of nitrogen functional groups attached to an aromatic ring is 1. The van der Waals surface area contributed by atoms with Gasteiger partial charge < -0.3 is 10.2 Å². The summed E-state index contributed by atoms with van der Waals surface area (Å²) >= 11 is 6.70. The number of nitrogens with two attached hydrogens (primary N) is 1. The minimum absolute atomic E-state index is 0.0202. The number of benzene rings is 1. The largest absolute Gasteiger partial charge is 0.457 e. The van der Waals surface area contributed by atoms with Gasteiger partial charge in [-0.25, -0.2) is 13.9 Å². The van der Waals surface area contributed by atoms with Gasteiger partial charge in [-0.2, -0.15) is 0 Å². The molecule has 3 N–H and O–H groups in total. The lowest BCUT2D eigenvalue weighted by Gasteiger charge is -2.08. The summed E-state index contributed by atoms with van der Waals surface area (Å²) in [6, 6.07) is 7.53. The molecule has 3 aromatic rings. The average Bonchev–Trinajstić information content (AvgIpc) is 3.32. The molecule has 2 aromatic heterocycles. The Labute approximate surface area is 160 Å². The van der Waals surface area contributed by atoms with Crippen molar-refractivity contribution >= 4 is 52.1 Å². The fourth-order valence-electron chi connectivity index (χ4n) is 2.39. The Morgan fingerprint density at radius 2 is 2.11 bits per heavy atom. The number of carbonyl (C=O) groups is 1. The Bertz CT molecular complexity index is 1110. The highest BCUT2D eigenvalue weighted by Crippen LogP contribution is 2.36. The van der Waals surface area contributed by atoms with Gasteiger partial charge in [-0.3, -0.25) is 10.2 Å². The van der Waals surface area contributed by atoms with Gasteiger partial charge in [0, 0.05) is 11.6 Å². The number of hydrogen-bond acceptors (Lipinski definition) is 8. The van der Waals surface area contributed by atoms with E-state index in [4.69, 9.17) is 27.2 Å². The minimum atomic E-state index is -0.525. The smallest absolute Gasteiger partial charge is 0.272 e. The monoisotopic (exact) mass is 405 g/mol. The maximum absolute atomic E-state index is 13.3. The number of thioether (sulfide) groups is 1. The normalized spacial score (nSPS) is 15.9. The molecule has 3 heterocycles. The van der Waals surface area contributed by atoms with Crippen LogP contribution in [-0.4, -0.2) is 21.4 Å². The number of anilines is 2. The highest BCUT2D eigenvalue weighted by molar-refractivity contribution is 8.19. The van der Waals surface area contributed by atoms with Crippen molar-refractivity contribution in [1.82, 2.24) is 10.3 Å². The third-order valence-corrected chi connectivity index (χ3v) is 4.81. The first-order valence-corrected chi connectivity index (χ1v) is 8.59. The van der Waals surface area contributed by atoms with Crippen LogP contribution < -0.4 is 10.6 Å². The van der Waals surface area contributed by atoms with E-state index >= 15 is 0 Å². The zero-order chi connectivity index (χ0) is 19.1. The van der Waals surface area contributed by atoms with Crippen molar-refractivity contribution in [2.45, 2.75) is 0 Å². The molecular weight excluding hydrogens is 397 g/mol. The topological polar surface area (TPSA) is 122 Å². The lowest BCUT2D eigenvalue weighted by Crippen LogP contribution is -2.29. The van der Waals surface area contributed by atoms with Gasteiger partial charge in [-0.05, 0) is 52.4 Å². The molecule has 0 radical (unpaired) electrons. The molecule has 136 valence electrons. The zero-order valence-electron chi connectivity index (χ0n) is 13.3. The van der Waals surface area contributed by atoms with Gasteiger partial charge in [0.2, 0.25) is 11.6 Å². The Hall–Kier alpha value is -3.11. The first-order valence-electron chi connectivity index (χ1n) is 7.40. The van der Waals surface area contributed by atoms with Crippen LogP contribution in [0.4, 0.5) is 16.0 Å². The van der Waals surface area contributed by atoms with Gasteiger partial charge in [0.25, 0.3) is 5.91 Å². The van der Waals surface area contributed by atoms with Gasteiger partial charge in [0.1, 0.15) is 17.3 Å². The molecule has 0 spiro atoms. The van der Waals surface area contributed by atoms with Crippen molar-refractivity contribution in [3.05, 3.63) is 51.8 Å². The molecular formula is C16H9ClFN5O3S. The summed E-state index contributed by atoms with van der Waals surface area (Å²) in [6.07, 6.45) is 1.49. The summed E-state index contributed by atoms with van der Waals surface area (Å²) in [4.78, 5) is 13.8. The number of nitrogens with one attached hydrogen (secondary N) is 1. The predicted octanol–water partition coefficient (Wildman–Crippen LogP) is 3.76. The maximum Gasteiger partial charge on any atom is 0.272 e. The van der Waals surface area contributed by atoms with Crippen LogP contribution >= 0.6 is 23.4 Å². The molecule has 0 aliphatic carbocycles. The van der Waals surface area contributed by atoms with E-state index in [1.54, 1.807) is 12.1 Å². The number of carbonyl (C=O) groups excluding carboxylic acids is 1. The number of aromatic nitrogens is 2. The highest BCUT2D eigenvalue weighted by atomic mass is 35.5. The average molecular weight is 406 g/mol. The third kappa shape index (κ3) is 3.09. The molecule has 1 aliphatic heterocycles. The molecule has 11 heteroatoms. The van der Waals surface area contributed by atoms with Crippen molar-refractivity contribution in [2.75, 3.05) is 10.6 Å². The van der Waals surface area contributed by atoms with Crippen molar-refractivity contribution in [3.8, 4) is 11.3 Å². The van der Waals surface area contributed by atoms with Crippen LogP contribution in [0.5, 0.6) is 0 Å². The third-order valence-electron chi connectivity index (χ3n) is 3.64. The first-order chi connectivity index (χ1) is 12.9. The Morgan fingerprint density at radius 3 is 2.81 bits per heavy atom. The molecule has 0 unspecified atom stereocenters. The van der Waals surface area contributed by atoms with Crippen molar-refractivity contribution in [1.29, 1.82) is 5.41 Å². The van der Waals surface area contributed by atoms with E-state index in [0.717, 1.165) is 16.7 Å². The summed E-state index contributed by atoms with van der Waals surface area (Å²) in [7, 11) is 0.